The van der Waals surface area contributed by atoms with Crippen LogP contribution in [0.5, 0.6) is 0 Å². The van der Waals surface area contributed by atoms with E-state index in [2.05, 4.69) is 0 Å². The summed E-state index contributed by atoms with van der Waals surface area (Å²) in [5.41, 5.74) is -1.02. The number of hydrogen-bond acceptors (Lipinski definition) is 2. The predicted octanol–water partition coefficient (Wildman–Crippen LogP) is 3.69. The summed E-state index contributed by atoms with van der Waals surface area (Å²) in [6.07, 6.45) is -0.381. The molecule has 7 heteroatoms. The highest BCUT2D eigenvalue weighted by molar-refractivity contribution is 6.00. The first-order chi connectivity index (χ1) is 11.3. The molecule has 4 nitrogen and oxygen atoms in total. The van der Waals surface area contributed by atoms with Gasteiger partial charge >= 0.3 is 12.1 Å². The first kappa shape index (κ1) is 16.8. The highest BCUT2D eigenvalue weighted by Crippen LogP contribution is 2.39. The van der Waals surface area contributed by atoms with Crippen molar-refractivity contribution in [1.82, 2.24) is 4.90 Å². The van der Waals surface area contributed by atoms with Crippen LogP contribution in [0.2, 0.25) is 0 Å². The number of hydrogen-bond donors (Lipinski definition) is 1. The fourth-order valence-electron chi connectivity index (χ4n) is 3.79. The fraction of sp³-hybridized carbons (Fsp3) is 0.529. The Bertz CT molecular complexity index is 666. The van der Waals surface area contributed by atoms with E-state index in [1.54, 1.807) is 0 Å². The molecule has 2 aliphatic rings. The Balaban J connectivity index is 1.89. The van der Waals surface area contributed by atoms with Crippen LogP contribution in [0.25, 0.3) is 0 Å². The summed E-state index contributed by atoms with van der Waals surface area (Å²) in [4.78, 5) is 25.2. The van der Waals surface area contributed by atoms with Gasteiger partial charge in [-0.05, 0) is 30.0 Å². The molecule has 1 aromatic carbocycles. The zero-order chi connectivity index (χ0) is 17.5. The number of aliphatic carboxylic acids is 1. The second-order valence-electron chi connectivity index (χ2n) is 6.50. The minimum absolute atomic E-state index is 0.0394. The summed E-state index contributed by atoms with van der Waals surface area (Å²) < 4.78 is 39.4. The Morgan fingerprint density at radius 1 is 1.29 bits per heavy atom. The number of alkyl halides is 3. The topological polar surface area (TPSA) is 57.6 Å². The summed E-state index contributed by atoms with van der Waals surface area (Å²) in [7, 11) is 0. The van der Waals surface area contributed by atoms with Crippen LogP contribution in [0, 0.1) is 5.92 Å². The molecule has 130 valence electrons. The van der Waals surface area contributed by atoms with E-state index in [4.69, 9.17) is 0 Å². The lowest BCUT2D eigenvalue weighted by Crippen LogP contribution is -2.42. The van der Waals surface area contributed by atoms with Crippen LogP contribution >= 0.6 is 0 Å². The highest BCUT2D eigenvalue weighted by Gasteiger charge is 2.43. The van der Waals surface area contributed by atoms with Crippen molar-refractivity contribution in [1.29, 1.82) is 0 Å². The van der Waals surface area contributed by atoms with E-state index in [9.17, 15) is 27.9 Å². The van der Waals surface area contributed by atoms with Gasteiger partial charge in [-0.25, -0.2) is 4.79 Å². The zero-order valence-electron chi connectivity index (χ0n) is 13.0. The van der Waals surface area contributed by atoms with Crippen molar-refractivity contribution in [3.05, 3.63) is 34.9 Å². The number of carbonyl (C=O) groups excluding carboxylic acids is 1. The first-order valence-corrected chi connectivity index (χ1v) is 8.02. The molecular weight excluding hydrogens is 323 g/mol. The van der Waals surface area contributed by atoms with Gasteiger partial charge in [-0.15, -0.1) is 0 Å². The summed E-state index contributed by atoms with van der Waals surface area (Å²) >= 11 is 0. The van der Waals surface area contributed by atoms with Gasteiger partial charge in [0.25, 0.3) is 5.91 Å². The predicted molar refractivity (Wildman–Crippen MR) is 79.3 cm³/mol. The highest BCUT2D eigenvalue weighted by atomic mass is 19.4. The Labute approximate surface area is 137 Å². The molecule has 1 aromatic rings. The number of benzene rings is 1. The number of carboxylic acid groups (broad SMARTS) is 1. The number of carboxylic acids is 1. The molecule has 1 fully saturated rings. The number of nitrogens with zero attached hydrogens (tertiary/aromatic N) is 1. The molecule has 0 bridgehead atoms. The maximum absolute atomic E-state index is 13.1. The molecule has 1 unspecified atom stereocenters. The number of amides is 1. The van der Waals surface area contributed by atoms with Crippen molar-refractivity contribution >= 4 is 11.9 Å². The molecule has 0 aromatic heterocycles. The van der Waals surface area contributed by atoms with E-state index >= 15 is 0 Å². The molecule has 3 rings (SSSR count). The Kier molecular flexibility index (Phi) is 4.27. The van der Waals surface area contributed by atoms with Gasteiger partial charge in [0.05, 0.1) is 5.56 Å². The van der Waals surface area contributed by atoms with Crippen molar-refractivity contribution in [3.63, 3.8) is 0 Å². The molecule has 1 amide bonds. The SMILES string of the molecule is O=C(O)C(CC1CCCC1)N1Cc2c(cccc2C(F)(F)F)C1=O. The normalized spacial score (nSPS) is 19.6. The van der Waals surface area contributed by atoms with E-state index in [0.717, 1.165) is 36.6 Å². The standard InChI is InChI=1S/C17H18F3NO3/c18-17(19,20)13-7-3-6-11-12(13)9-21(15(11)22)14(16(23)24)8-10-4-1-2-5-10/h3,6-7,10,14H,1-2,4-5,8-9H2,(H,23,24). The monoisotopic (exact) mass is 341 g/mol. The zero-order valence-corrected chi connectivity index (χ0v) is 13.0. The van der Waals surface area contributed by atoms with Gasteiger partial charge < -0.3 is 10.0 Å². The van der Waals surface area contributed by atoms with Crippen molar-refractivity contribution in [2.45, 2.75) is 50.9 Å². The molecule has 1 N–H and O–H groups in total. The fourth-order valence-corrected chi connectivity index (χ4v) is 3.79. The average molecular weight is 341 g/mol. The second-order valence-corrected chi connectivity index (χ2v) is 6.50. The van der Waals surface area contributed by atoms with E-state index in [0.29, 0.717) is 6.42 Å². The van der Waals surface area contributed by atoms with Gasteiger partial charge in [0.15, 0.2) is 0 Å². The van der Waals surface area contributed by atoms with Crippen molar-refractivity contribution in [2.75, 3.05) is 0 Å². The quantitative estimate of drug-likeness (QED) is 0.908. The van der Waals surface area contributed by atoms with Gasteiger partial charge in [-0.2, -0.15) is 13.2 Å². The molecule has 0 radical (unpaired) electrons. The minimum atomic E-state index is -4.56. The van der Waals surface area contributed by atoms with E-state index in [-0.39, 0.29) is 23.6 Å². The van der Waals surface area contributed by atoms with Gasteiger partial charge in [-0.1, -0.05) is 31.7 Å². The molecule has 24 heavy (non-hydrogen) atoms. The lowest BCUT2D eigenvalue weighted by atomic mass is 9.97. The molecule has 1 heterocycles. The van der Waals surface area contributed by atoms with Crippen LogP contribution in [0.4, 0.5) is 13.2 Å². The summed E-state index contributed by atoms with van der Waals surface area (Å²) in [5.74, 6) is -1.57. The van der Waals surface area contributed by atoms with Gasteiger partial charge in [0.1, 0.15) is 6.04 Å². The summed E-state index contributed by atoms with van der Waals surface area (Å²) in [6.45, 7) is -0.298. The molecule has 1 aliphatic carbocycles. The molecule has 0 saturated heterocycles. The van der Waals surface area contributed by atoms with Crippen LogP contribution in [-0.4, -0.2) is 27.9 Å². The Morgan fingerprint density at radius 3 is 2.54 bits per heavy atom. The summed E-state index contributed by atoms with van der Waals surface area (Å²) in [5, 5.41) is 9.50. The van der Waals surface area contributed by atoms with Crippen LogP contribution in [0.3, 0.4) is 0 Å². The van der Waals surface area contributed by atoms with E-state index < -0.39 is 29.7 Å². The summed E-state index contributed by atoms with van der Waals surface area (Å²) in [6, 6.07) is 2.38. The number of rotatable bonds is 4. The van der Waals surface area contributed by atoms with Crippen molar-refractivity contribution in [2.24, 2.45) is 5.92 Å². The third kappa shape index (κ3) is 2.99. The first-order valence-electron chi connectivity index (χ1n) is 8.02. The largest absolute Gasteiger partial charge is 0.480 e. The molecule has 1 aliphatic heterocycles. The maximum atomic E-state index is 13.1. The lowest BCUT2D eigenvalue weighted by Gasteiger charge is -2.26. The van der Waals surface area contributed by atoms with Crippen LogP contribution in [0.15, 0.2) is 18.2 Å². The molecular formula is C17H18F3NO3. The Morgan fingerprint density at radius 2 is 1.96 bits per heavy atom. The van der Waals surface area contributed by atoms with Crippen LogP contribution < -0.4 is 0 Å². The molecule has 0 spiro atoms. The molecule has 1 atom stereocenters. The van der Waals surface area contributed by atoms with Crippen LogP contribution in [0.1, 0.15) is 53.6 Å². The third-order valence-corrected chi connectivity index (χ3v) is 4.99. The lowest BCUT2D eigenvalue weighted by molar-refractivity contribution is -0.143. The van der Waals surface area contributed by atoms with Gasteiger partial charge in [0, 0.05) is 12.1 Å². The maximum Gasteiger partial charge on any atom is 0.416 e. The number of fused-ring (bicyclic) bond motifs is 1. The number of carbonyl (C=O) groups is 2. The van der Waals surface area contributed by atoms with Crippen molar-refractivity contribution in [3.8, 4) is 0 Å². The van der Waals surface area contributed by atoms with Gasteiger partial charge in [-0.3, -0.25) is 4.79 Å². The second kappa shape index (κ2) is 6.11. The average Bonchev–Trinajstić information content (AvgIpc) is 3.12. The van der Waals surface area contributed by atoms with Gasteiger partial charge in [0.2, 0.25) is 0 Å². The van der Waals surface area contributed by atoms with E-state index in [1.165, 1.54) is 12.1 Å². The van der Waals surface area contributed by atoms with E-state index in [1.807, 2.05) is 0 Å². The van der Waals surface area contributed by atoms with Crippen molar-refractivity contribution < 1.29 is 27.9 Å². The number of halogens is 3. The minimum Gasteiger partial charge on any atom is -0.480 e. The Hall–Kier alpha value is -2.05. The van der Waals surface area contributed by atoms with Crippen LogP contribution in [-0.2, 0) is 17.5 Å². The smallest absolute Gasteiger partial charge is 0.416 e. The molecule has 1 saturated carbocycles. The third-order valence-electron chi connectivity index (χ3n) is 4.99.